The maximum absolute atomic E-state index is 12.3. The van der Waals surface area contributed by atoms with Crippen LogP contribution < -0.4 is 10.6 Å². The summed E-state index contributed by atoms with van der Waals surface area (Å²) in [6.45, 7) is 5.46. The lowest BCUT2D eigenvalue weighted by atomic mass is 10.1. The molecule has 6 nitrogen and oxygen atoms in total. The third-order valence-electron chi connectivity index (χ3n) is 4.22. The average Bonchev–Trinajstić information content (AvgIpc) is 2.62. The van der Waals surface area contributed by atoms with Crippen LogP contribution in [0.3, 0.4) is 0 Å². The number of nitrogens with zero attached hydrogens (tertiary/aromatic N) is 2. The Morgan fingerprint density at radius 1 is 0.769 bits per heavy atom. The predicted octanol–water partition coefficient (Wildman–Crippen LogP) is 4.59. The van der Waals surface area contributed by atoms with Gasteiger partial charge in [-0.15, -0.1) is 0 Å². The summed E-state index contributed by atoms with van der Waals surface area (Å²) < 4.78 is 0. The van der Waals surface area contributed by atoms with Gasteiger partial charge in [0, 0.05) is 38.0 Å². The maximum Gasteiger partial charge on any atom is 0.321 e. The van der Waals surface area contributed by atoms with E-state index in [1.54, 1.807) is 23.9 Å². The largest absolute Gasteiger partial charge is 0.328 e. The van der Waals surface area contributed by atoms with Crippen molar-refractivity contribution in [3.63, 3.8) is 0 Å². The summed E-state index contributed by atoms with van der Waals surface area (Å²) in [5.41, 5.74) is 1.46. The molecule has 0 spiro atoms. The van der Waals surface area contributed by atoms with Crippen molar-refractivity contribution in [3.8, 4) is 0 Å². The first-order chi connectivity index (χ1) is 12.5. The van der Waals surface area contributed by atoms with E-state index in [1.807, 2.05) is 50.2 Å². The molecule has 0 fully saturated rings. The molecule has 0 bridgehead atoms. The Balaban J connectivity index is 2.28. The highest BCUT2D eigenvalue weighted by atomic mass is 16.2. The molecule has 0 radical (unpaired) electrons. The maximum atomic E-state index is 12.3. The van der Waals surface area contributed by atoms with Crippen LogP contribution in [0.2, 0.25) is 0 Å². The summed E-state index contributed by atoms with van der Waals surface area (Å²) in [6.07, 6.45) is 1.81. The van der Waals surface area contributed by atoms with E-state index in [2.05, 4.69) is 10.6 Å². The summed E-state index contributed by atoms with van der Waals surface area (Å²) in [4.78, 5) is 27.9. The average molecular weight is 356 g/mol. The quantitative estimate of drug-likeness (QED) is 0.795. The lowest BCUT2D eigenvalue weighted by Gasteiger charge is -2.20. The molecule has 26 heavy (non-hydrogen) atoms. The van der Waals surface area contributed by atoms with Crippen molar-refractivity contribution in [3.05, 3.63) is 36.4 Å². The Hall–Kier alpha value is -2.76. The lowest BCUT2D eigenvalue weighted by Crippen LogP contribution is -2.32. The van der Waals surface area contributed by atoms with Crippen LogP contribution in [0.25, 0.3) is 10.8 Å². The zero-order valence-electron chi connectivity index (χ0n) is 16.0. The van der Waals surface area contributed by atoms with E-state index in [1.165, 1.54) is 0 Å². The minimum atomic E-state index is -0.142. The third kappa shape index (κ3) is 4.65. The molecular formula is C20H28N4O2. The SMILES string of the molecule is CCCN(C)C(=O)Nc1cccc2c(NC(=O)N(C)CCC)cccc12. The lowest BCUT2D eigenvalue weighted by molar-refractivity contribution is 0.222. The summed E-state index contributed by atoms with van der Waals surface area (Å²) in [5, 5.41) is 7.69. The molecule has 0 aromatic heterocycles. The number of urea groups is 2. The second-order valence-electron chi connectivity index (χ2n) is 6.41. The zero-order chi connectivity index (χ0) is 19.1. The molecule has 4 amide bonds. The van der Waals surface area contributed by atoms with E-state index in [4.69, 9.17) is 0 Å². The fourth-order valence-electron chi connectivity index (χ4n) is 2.82. The molecule has 2 rings (SSSR count). The van der Waals surface area contributed by atoms with Gasteiger partial charge in [0.1, 0.15) is 0 Å². The van der Waals surface area contributed by atoms with Crippen molar-refractivity contribution in [1.29, 1.82) is 0 Å². The number of amides is 4. The van der Waals surface area contributed by atoms with E-state index in [0.717, 1.165) is 35.0 Å². The second kappa shape index (κ2) is 9.08. The number of hydrogen-bond donors (Lipinski definition) is 2. The van der Waals surface area contributed by atoms with Crippen molar-refractivity contribution in [2.75, 3.05) is 37.8 Å². The first-order valence-corrected chi connectivity index (χ1v) is 9.03. The van der Waals surface area contributed by atoms with Gasteiger partial charge in [0.2, 0.25) is 0 Å². The molecule has 2 aromatic carbocycles. The number of nitrogens with one attached hydrogen (secondary N) is 2. The number of anilines is 2. The Kier molecular flexibility index (Phi) is 6.83. The molecule has 0 heterocycles. The molecule has 6 heteroatoms. The van der Waals surface area contributed by atoms with Gasteiger partial charge in [-0.3, -0.25) is 0 Å². The molecule has 0 unspecified atom stereocenters. The molecule has 0 aliphatic heterocycles. The van der Waals surface area contributed by atoms with Gasteiger partial charge in [0.25, 0.3) is 0 Å². The number of carbonyl (C=O) groups excluding carboxylic acids is 2. The topological polar surface area (TPSA) is 64.7 Å². The molecule has 0 atom stereocenters. The highest BCUT2D eigenvalue weighted by Gasteiger charge is 2.13. The van der Waals surface area contributed by atoms with Gasteiger partial charge in [0.15, 0.2) is 0 Å². The van der Waals surface area contributed by atoms with Crippen LogP contribution in [0.4, 0.5) is 21.0 Å². The van der Waals surface area contributed by atoms with Crippen molar-refractivity contribution >= 4 is 34.2 Å². The van der Waals surface area contributed by atoms with Crippen LogP contribution in [0.5, 0.6) is 0 Å². The van der Waals surface area contributed by atoms with Gasteiger partial charge in [-0.05, 0) is 25.0 Å². The van der Waals surface area contributed by atoms with Crippen molar-refractivity contribution in [2.45, 2.75) is 26.7 Å². The van der Waals surface area contributed by atoms with Gasteiger partial charge in [0.05, 0.1) is 11.4 Å². The molecule has 140 valence electrons. The minimum absolute atomic E-state index is 0.142. The van der Waals surface area contributed by atoms with Crippen LogP contribution in [-0.4, -0.2) is 49.0 Å². The van der Waals surface area contributed by atoms with Crippen molar-refractivity contribution in [2.24, 2.45) is 0 Å². The highest BCUT2D eigenvalue weighted by molar-refractivity contribution is 6.08. The van der Waals surface area contributed by atoms with Gasteiger partial charge in [-0.2, -0.15) is 0 Å². The number of hydrogen-bond acceptors (Lipinski definition) is 2. The van der Waals surface area contributed by atoms with E-state index in [9.17, 15) is 9.59 Å². The monoisotopic (exact) mass is 356 g/mol. The van der Waals surface area contributed by atoms with Crippen molar-refractivity contribution < 1.29 is 9.59 Å². The molecular weight excluding hydrogens is 328 g/mol. The van der Waals surface area contributed by atoms with Crippen LogP contribution in [0.1, 0.15) is 26.7 Å². The summed E-state index contributed by atoms with van der Waals surface area (Å²) in [5.74, 6) is 0. The smallest absolute Gasteiger partial charge is 0.321 e. The zero-order valence-corrected chi connectivity index (χ0v) is 16.0. The standard InChI is InChI=1S/C20H28N4O2/c1-5-13-23(3)19(25)21-17-11-7-10-16-15(17)9-8-12-18(16)22-20(26)24(4)14-6-2/h7-12H,5-6,13-14H2,1-4H3,(H,21,25)(H,22,26). The van der Waals surface area contributed by atoms with Gasteiger partial charge in [-0.1, -0.05) is 38.1 Å². The molecule has 2 aromatic rings. The fraction of sp³-hybridized carbons (Fsp3) is 0.400. The fourth-order valence-corrected chi connectivity index (χ4v) is 2.82. The van der Waals surface area contributed by atoms with E-state index in [0.29, 0.717) is 13.1 Å². The molecule has 2 N–H and O–H groups in total. The summed E-state index contributed by atoms with van der Waals surface area (Å²) in [7, 11) is 3.55. The molecule has 0 saturated heterocycles. The Bertz CT molecular complexity index is 710. The highest BCUT2D eigenvalue weighted by Crippen LogP contribution is 2.29. The van der Waals surface area contributed by atoms with Crippen LogP contribution in [-0.2, 0) is 0 Å². The number of carbonyl (C=O) groups is 2. The van der Waals surface area contributed by atoms with Crippen LogP contribution in [0.15, 0.2) is 36.4 Å². The Morgan fingerprint density at radius 2 is 1.15 bits per heavy atom. The third-order valence-corrected chi connectivity index (χ3v) is 4.22. The van der Waals surface area contributed by atoms with E-state index in [-0.39, 0.29) is 12.1 Å². The second-order valence-corrected chi connectivity index (χ2v) is 6.41. The van der Waals surface area contributed by atoms with Gasteiger partial charge < -0.3 is 20.4 Å². The minimum Gasteiger partial charge on any atom is -0.328 e. The van der Waals surface area contributed by atoms with E-state index < -0.39 is 0 Å². The van der Waals surface area contributed by atoms with Gasteiger partial charge >= 0.3 is 12.1 Å². The summed E-state index contributed by atoms with van der Waals surface area (Å²) >= 11 is 0. The molecule has 0 saturated carbocycles. The van der Waals surface area contributed by atoms with Crippen LogP contribution in [0, 0.1) is 0 Å². The first kappa shape index (κ1) is 19.6. The van der Waals surface area contributed by atoms with E-state index >= 15 is 0 Å². The van der Waals surface area contributed by atoms with Crippen LogP contribution >= 0.6 is 0 Å². The van der Waals surface area contributed by atoms with Crippen molar-refractivity contribution in [1.82, 2.24) is 9.80 Å². The number of rotatable bonds is 6. The molecule has 0 aliphatic rings. The summed E-state index contributed by atoms with van der Waals surface area (Å²) in [6, 6.07) is 11.1. The van der Waals surface area contributed by atoms with Gasteiger partial charge in [-0.25, -0.2) is 9.59 Å². The number of benzene rings is 2. The molecule has 0 aliphatic carbocycles. The predicted molar refractivity (Wildman–Crippen MR) is 108 cm³/mol. The normalized spacial score (nSPS) is 10.5. The first-order valence-electron chi connectivity index (χ1n) is 9.03. The Labute approximate surface area is 155 Å². The number of fused-ring (bicyclic) bond motifs is 1. The Morgan fingerprint density at radius 3 is 1.50 bits per heavy atom.